The first-order valence-corrected chi connectivity index (χ1v) is 9.55. The third-order valence-electron chi connectivity index (χ3n) is 3.06. The topological polar surface area (TPSA) is 69.7 Å². The first-order valence-electron chi connectivity index (χ1n) is 6.94. The maximum Gasteiger partial charge on any atom is 0.225 e. The van der Waals surface area contributed by atoms with E-state index in [9.17, 15) is 13.2 Å². The van der Waals surface area contributed by atoms with Crippen LogP contribution in [-0.2, 0) is 14.8 Å². The third kappa shape index (κ3) is 7.50. The number of benzene rings is 1. The third-order valence-corrected chi connectivity index (χ3v) is 5.10. The van der Waals surface area contributed by atoms with Crippen LogP contribution in [0.3, 0.4) is 0 Å². The summed E-state index contributed by atoms with van der Waals surface area (Å²) < 4.78 is 24.8. The normalized spacial score (nSPS) is 12.0. The Morgan fingerprint density at radius 3 is 2.30 bits per heavy atom. The second-order valence-corrected chi connectivity index (χ2v) is 8.19. The monoisotopic (exact) mass is 381 g/mol. The van der Waals surface area contributed by atoms with Crippen molar-refractivity contribution >= 4 is 44.8 Å². The summed E-state index contributed by atoms with van der Waals surface area (Å²) in [6.45, 7) is 1.05. The standard InChI is InChI=1S/C14H21Cl2N3O3S/c1-18(2)8-9-19(23(3,21)22)7-6-14(20)17-11-4-5-12(15)13(16)10-11/h4-5,10H,6-9H2,1-3H3,(H,17,20). The molecular weight excluding hydrogens is 361 g/mol. The second-order valence-electron chi connectivity index (χ2n) is 5.39. The molecule has 9 heteroatoms. The summed E-state index contributed by atoms with van der Waals surface area (Å²) in [7, 11) is 0.364. The predicted octanol–water partition coefficient (Wildman–Crippen LogP) is 2.15. The molecule has 0 aromatic heterocycles. The fourth-order valence-corrected chi connectivity index (χ4v) is 2.91. The van der Waals surface area contributed by atoms with Gasteiger partial charge in [-0.3, -0.25) is 4.79 Å². The SMILES string of the molecule is CN(C)CCN(CCC(=O)Nc1ccc(Cl)c(Cl)c1)S(C)(=O)=O. The van der Waals surface area contributed by atoms with Gasteiger partial charge in [0, 0.05) is 31.7 Å². The number of nitrogens with zero attached hydrogens (tertiary/aromatic N) is 2. The summed E-state index contributed by atoms with van der Waals surface area (Å²) >= 11 is 11.7. The Kier molecular flexibility index (Phi) is 7.76. The van der Waals surface area contributed by atoms with Crippen molar-refractivity contribution in [3.8, 4) is 0 Å². The molecule has 0 atom stereocenters. The molecule has 1 aromatic carbocycles. The maximum absolute atomic E-state index is 12.0. The Bertz CT molecular complexity index is 651. The van der Waals surface area contributed by atoms with Crippen LogP contribution in [0, 0.1) is 0 Å². The van der Waals surface area contributed by atoms with Crippen LogP contribution in [0.5, 0.6) is 0 Å². The van der Waals surface area contributed by atoms with Gasteiger partial charge in [-0.25, -0.2) is 12.7 Å². The minimum atomic E-state index is -3.35. The van der Waals surface area contributed by atoms with Crippen molar-refractivity contribution in [2.24, 2.45) is 0 Å². The van der Waals surface area contributed by atoms with Crippen LogP contribution in [0.1, 0.15) is 6.42 Å². The molecule has 0 radical (unpaired) electrons. The molecule has 0 saturated heterocycles. The van der Waals surface area contributed by atoms with E-state index in [0.717, 1.165) is 6.26 Å². The number of halogens is 2. The minimum absolute atomic E-state index is 0.0563. The summed E-state index contributed by atoms with van der Waals surface area (Å²) in [5.74, 6) is -0.290. The smallest absolute Gasteiger partial charge is 0.225 e. The van der Waals surface area contributed by atoms with Gasteiger partial charge in [-0.2, -0.15) is 0 Å². The predicted molar refractivity (Wildman–Crippen MR) is 94.7 cm³/mol. The van der Waals surface area contributed by atoms with Gasteiger partial charge in [0.2, 0.25) is 15.9 Å². The summed E-state index contributed by atoms with van der Waals surface area (Å²) in [6, 6.07) is 4.76. The lowest BCUT2D eigenvalue weighted by Gasteiger charge is -2.21. The minimum Gasteiger partial charge on any atom is -0.326 e. The van der Waals surface area contributed by atoms with Gasteiger partial charge in [0.25, 0.3) is 0 Å². The summed E-state index contributed by atoms with van der Waals surface area (Å²) in [5.41, 5.74) is 0.517. The maximum atomic E-state index is 12.0. The van der Waals surface area contributed by atoms with Crippen LogP contribution in [0.25, 0.3) is 0 Å². The number of carbonyl (C=O) groups is 1. The van der Waals surface area contributed by atoms with Gasteiger partial charge < -0.3 is 10.2 Å². The highest BCUT2D eigenvalue weighted by Crippen LogP contribution is 2.25. The van der Waals surface area contributed by atoms with Crippen molar-refractivity contribution in [1.29, 1.82) is 0 Å². The Morgan fingerprint density at radius 2 is 1.78 bits per heavy atom. The highest BCUT2D eigenvalue weighted by atomic mass is 35.5. The molecule has 1 amide bonds. The van der Waals surface area contributed by atoms with E-state index < -0.39 is 10.0 Å². The van der Waals surface area contributed by atoms with E-state index in [1.165, 1.54) is 4.31 Å². The highest BCUT2D eigenvalue weighted by molar-refractivity contribution is 7.88. The molecular formula is C14H21Cl2N3O3S. The summed E-state index contributed by atoms with van der Waals surface area (Å²) in [5, 5.41) is 3.41. The Hall–Kier alpha value is -0.860. The second kappa shape index (κ2) is 8.84. The van der Waals surface area contributed by atoms with Crippen LogP contribution in [0.4, 0.5) is 5.69 Å². The fraction of sp³-hybridized carbons (Fsp3) is 0.500. The molecule has 130 valence electrons. The molecule has 0 aliphatic heterocycles. The van der Waals surface area contributed by atoms with Gasteiger partial charge in [0.15, 0.2) is 0 Å². The average molecular weight is 382 g/mol. The quantitative estimate of drug-likeness (QED) is 0.748. The molecule has 6 nitrogen and oxygen atoms in total. The first-order chi connectivity index (χ1) is 10.6. The number of hydrogen-bond acceptors (Lipinski definition) is 4. The van der Waals surface area contributed by atoms with E-state index in [4.69, 9.17) is 23.2 Å². The molecule has 23 heavy (non-hydrogen) atoms. The Labute approximate surface area is 147 Å². The molecule has 0 heterocycles. The molecule has 0 bridgehead atoms. The molecule has 0 saturated carbocycles. The van der Waals surface area contributed by atoms with Crippen LogP contribution in [0.15, 0.2) is 18.2 Å². The number of rotatable bonds is 8. The van der Waals surface area contributed by atoms with Crippen LogP contribution < -0.4 is 5.32 Å². The van der Waals surface area contributed by atoms with Crippen LogP contribution in [-0.4, -0.2) is 63.5 Å². The van der Waals surface area contributed by atoms with Gasteiger partial charge in [0.05, 0.1) is 16.3 Å². The van der Waals surface area contributed by atoms with E-state index in [2.05, 4.69) is 5.32 Å². The average Bonchev–Trinajstić information content (AvgIpc) is 2.41. The summed E-state index contributed by atoms with van der Waals surface area (Å²) in [6.07, 6.45) is 1.19. The zero-order chi connectivity index (χ0) is 17.6. The van der Waals surface area contributed by atoms with Crippen molar-refractivity contribution < 1.29 is 13.2 Å². The van der Waals surface area contributed by atoms with E-state index in [0.29, 0.717) is 28.8 Å². The lowest BCUT2D eigenvalue weighted by molar-refractivity contribution is -0.116. The number of nitrogens with one attached hydrogen (secondary N) is 1. The molecule has 0 aliphatic rings. The number of carbonyl (C=O) groups excluding carboxylic acids is 1. The molecule has 0 fully saturated rings. The Balaban J connectivity index is 2.59. The van der Waals surface area contributed by atoms with E-state index >= 15 is 0 Å². The number of sulfonamides is 1. The molecule has 0 spiro atoms. The molecule has 1 N–H and O–H groups in total. The first kappa shape index (κ1) is 20.2. The van der Waals surface area contributed by atoms with Crippen molar-refractivity contribution in [3.63, 3.8) is 0 Å². The van der Waals surface area contributed by atoms with Gasteiger partial charge in [0.1, 0.15) is 0 Å². The lowest BCUT2D eigenvalue weighted by Crippen LogP contribution is -2.37. The molecule has 1 rings (SSSR count). The fourth-order valence-electron chi connectivity index (χ4n) is 1.78. The van der Waals surface area contributed by atoms with E-state index in [1.807, 2.05) is 19.0 Å². The van der Waals surface area contributed by atoms with Crippen molar-refractivity contribution in [3.05, 3.63) is 28.2 Å². The zero-order valence-corrected chi connectivity index (χ0v) is 15.7. The van der Waals surface area contributed by atoms with Crippen molar-refractivity contribution in [2.45, 2.75) is 6.42 Å². The lowest BCUT2D eigenvalue weighted by atomic mass is 10.3. The van der Waals surface area contributed by atoms with E-state index in [-0.39, 0.29) is 18.9 Å². The van der Waals surface area contributed by atoms with Gasteiger partial charge in [-0.05, 0) is 32.3 Å². The number of likely N-dealkylation sites (N-methyl/N-ethyl adjacent to an activating group) is 1. The van der Waals surface area contributed by atoms with Gasteiger partial charge >= 0.3 is 0 Å². The molecule has 1 aromatic rings. The molecule has 0 aliphatic carbocycles. The Morgan fingerprint density at radius 1 is 1.13 bits per heavy atom. The molecule has 0 unspecified atom stereocenters. The van der Waals surface area contributed by atoms with Gasteiger partial charge in [-0.15, -0.1) is 0 Å². The van der Waals surface area contributed by atoms with Crippen LogP contribution >= 0.6 is 23.2 Å². The van der Waals surface area contributed by atoms with E-state index in [1.54, 1.807) is 18.2 Å². The highest BCUT2D eigenvalue weighted by Gasteiger charge is 2.18. The van der Waals surface area contributed by atoms with Gasteiger partial charge in [-0.1, -0.05) is 23.2 Å². The van der Waals surface area contributed by atoms with Crippen molar-refractivity contribution in [2.75, 3.05) is 45.3 Å². The van der Waals surface area contributed by atoms with Crippen molar-refractivity contribution in [1.82, 2.24) is 9.21 Å². The number of amides is 1. The zero-order valence-electron chi connectivity index (χ0n) is 13.3. The summed E-state index contributed by atoms with van der Waals surface area (Å²) in [4.78, 5) is 13.8. The number of hydrogen-bond donors (Lipinski definition) is 1. The number of anilines is 1. The van der Waals surface area contributed by atoms with Crippen LogP contribution in [0.2, 0.25) is 10.0 Å². The largest absolute Gasteiger partial charge is 0.326 e.